The smallest absolute Gasteiger partial charge is 0.308 e. The topological polar surface area (TPSA) is 88.3 Å². The molecule has 2 aromatic heterocycles. The van der Waals surface area contributed by atoms with E-state index < -0.39 is 11.9 Å². The molecule has 1 aliphatic rings. The first kappa shape index (κ1) is 15.7. The highest BCUT2D eigenvalue weighted by Crippen LogP contribution is 2.30. The zero-order valence-electron chi connectivity index (χ0n) is 13.0. The zero-order valence-corrected chi connectivity index (χ0v) is 13.8. The van der Waals surface area contributed by atoms with E-state index in [0.29, 0.717) is 5.69 Å². The Bertz CT molecular complexity index is 735. The van der Waals surface area contributed by atoms with Gasteiger partial charge in [-0.15, -0.1) is 11.3 Å². The Morgan fingerprint density at radius 3 is 2.83 bits per heavy atom. The third-order valence-electron chi connectivity index (χ3n) is 3.82. The molecule has 7 nitrogen and oxygen atoms in total. The third-order valence-corrected chi connectivity index (χ3v) is 4.71. The normalized spacial score (nSPS) is 15.4. The maximum absolute atomic E-state index is 12.7. The van der Waals surface area contributed by atoms with Crippen molar-refractivity contribution in [3.05, 3.63) is 23.5 Å². The molecule has 2 heterocycles. The van der Waals surface area contributed by atoms with Crippen LogP contribution in [0, 0.1) is 5.92 Å². The van der Waals surface area contributed by atoms with Gasteiger partial charge in [0.25, 0.3) is 5.91 Å². The number of carboxylic acids is 1. The number of amides is 1. The lowest BCUT2D eigenvalue weighted by Gasteiger charge is -2.23. The summed E-state index contributed by atoms with van der Waals surface area (Å²) in [5, 5.41) is 15.6. The summed E-state index contributed by atoms with van der Waals surface area (Å²) in [6, 6.07) is 0.146. The molecule has 1 fully saturated rings. The number of carbonyl (C=O) groups is 2. The minimum Gasteiger partial charge on any atom is -0.481 e. The van der Waals surface area contributed by atoms with Gasteiger partial charge in [0.2, 0.25) is 0 Å². The molecule has 1 atom stereocenters. The van der Waals surface area contributed by atoms with E-state index in [0.717, 1.165) is 23.4 Å². The molecule has 2 aromatic rings. The predicted molar refractivity (Wildman–Crippen MR) is 85.2 cm³/mol. The highest BCUT2D eigenvalue weighted by molar-refractivity contribution is 7.13. The number of rotatable bonds is 6. The summed E-state index contributed by atoms with van der Waals surface area (Å²) in [7, 11) is 1.82. The van der Waals surface area contributed by atoms with E-state index >= 15 is 0 Å². The number of hydrogen-bond acceptors (Lipinski definition) is 5. The van der Waals surface area contributed by atoms with E-state index in [-0.39, 0.29) is 18.5 Å². The van der Waals surface area contributed by atoms with Gasteiger partial charge in [0, 0.05) is 36.8 Å². The molecule has 8 heteroatoms. The highest BCUT2D eigenvalue weighted by atomic mass is 32.1. The third kappa shape index (κ3) is 3.42. The number of carbonyl (C=O) groups excluding carboxylic acids is 1. The van der Waals surface area contributed by atoms with E-state index in [4.69, 9.17) is 5.11 Å². The Morgan fingerprint density at radius 2 is 2.26 bits per heavy atom. The molecule has 0 saturated heterocycles. The van der Waals surface area contributed by atoms with E-state index in [9.17, 15) is 9.59 Å². The first-order valence-corrected chi connectivity index (χ1v) is 8.32. The second-order valence-corrected chi connectivity index (χ2v) is 6.73. The molecule has 0 aliphatic heterocycles. The number of nitrogens with zero attached hydrogens (tertiary/aromatic N) is 4. The van der Waals surface area contributed by atoms with Crippen molar-refractivity contribution in [3.8, 4) is 10.6 Å². The predicted octanol–water partition coefficient (Wildman–Crippen LogP) is 1.87. The van der Waals surface area contributed by atoms with Gasteiger partial charge in [0.05, 0.1) is 12.1 Å². The summed E-state index contributed by atoms with van der Waals surface area (Å²) in [6.45, 7) is 1.84. The Labute approximate surface area is 137 Å². The van der Waals surface area contributed by atoms with E-state index in [1.165, 1.54) is 11.3 Å². The van der Waals surface area contributed by atoms with Crippen LogP contribution >= 0.6 is 11.3 Å². The monoisotopic (exact) mass is 334 g/mol. The second kappa shape index (κ2) is 6.11. The summed E-state index contributed by atoms with van der Waals surface area (Å²) < 4.78 is 1.68. The van der Waals surface area contributed by atoms with Gasteiger partial charge in [-0.05, 0) is 12.8 Å². The van der Waals surface area contributed by atoms with E-state index in [2.05, 4.69) is 10.1 Å². The number of thiazole rings is 1. The molecule has 0 spiro atoms. The standard InChI is InChI=1S/C15H18N4O3S/c1-9(15(21)22)6-19(11-3-4-11)14(20)12-8-23-13(17-12)10-5-16-18(2)7-10/h5,7-9,11H,3-4,6H2,1-2H3,(H,21,22). The number of hydrogen-bond donors (Lipinski definition) is 1. The Balaban J connectivity index is 1.78. The average molecular weight is 334 g/mol. The summed E-state index contributed by atoms with van der Waals surface area (Å²) in [5.41, 5.74) is 1.24. The van der Waals surface area contributed by atoms with Crippen LogP contribution in [0.2, 0.25) is 0 Å². The fourth-order valence-electron chi connectivity index (χ4n) is 2.34. The van der Waals surface area contributed by atoms with Crippen LogP contribution in [0.15, 0.2) is 17.8 Å². The number of aromatic nitrogens is 3. The van der Waals surface area contributed by atoms with Crippen molar-refractivity contribution in [1.29, 1.82) is 0 Å². The van der Waals surface area contributed by atoms with Gasteiger partial charge in [-0.3, -0.25) is 14.3 Å². The molecular weight excluding hydrogens is 316 g/mol. The van der Waals surface area contributed by atoms with Crippen molar-refractivity contribution in [3.63, 3.8) is 0 Å². The Hall–Kier alpha value is -2.22. The van der Waals surface area contributed by atoms with Gasteiger partial charge in [-0.2, -0.15) is 5.10 Å². The number of aliphatic carboxylic acids is 1. The second-order valence-electron chi connectivity index (χ2n) is 5.87. The van der Waals surface area contributed by atoms with Crippen molar-refractivity contribution in [1.82, 2.24) is 19.7 Å². The van der Waals surface area contributed by atoms with Crippen molar-refractivity contribution in [2.75, 3.05) is 6.54 Å². The van der Waals surface area contributed by atoms with E-state index in [1.807, 2.05) is 13.2 Å². The molecule has 1 saturated carbocycles. The van der Waals surface area contributed by atoms with Crippen molar-refractivity contribution >= 4 is 23.2 Å². The SMILES string of the molecule is CC(CN(C(=O)c1csc(-c2cnn(C)c2)n1)C1CC1)C(=O)O. The minimum absolute atomic E-state index is 0.146. The Morgan fingerprint density at radius 1 is 1.52 bits per heavy atom. The van der Waals surface area contributed by atoms with Crippen molar-refractivity contribution in [2.45, 2.75) is 25.8 Å². The van der Waals surface area contributed by atoms with Gasteiger partial charge in [-0.25, -0.2) is 4.98 Å². The fraction of sp³-hybridized carbons (Fsp3) is 0.467. The number of aryl methyl sites for hydroxylation is 1. The molecule has 3 rings (SSSR count). The molecule has 0 radical (unpaired) electrons. The fourth-order valence-corrected chi connectivity index (χ4v) is 3.11. The van der Waals surface area contributed by atoms with Crippen LogP contribution in [0.25, 0.3) is 10.6 Å². The lowest BCUT2D eigenvalue weighted by molar-refractivity contribution is -0.141. The molecule has 0 aromatic carbocycles. The number of carboxylic acid groups (broad SMARTS) is 1. The first-order chi connectivity index (χ1) is 11.0. The van der Waals surface area contributed by atoms with E-state index in [1.54, 1.807) is 28.1 Å². The van der Waals surface area contributed by atoms with Gasteiger partial charge in [0.15, 0.2) is 0 Å². The molecule has 1 amide bonds. The summed E-state index contributed by atoms with van der Waals surface area (Å²) >= 11 is 1.39. The van der Waals surface area contributed by atoms with Crippen LogP contribution in [-0.4, -0.2) is 49.2 Å². The van der Waals surface area contributed by atoms with Crippen LogP contribution in [-0.2, 0) is 11.8 Å². The quantitative estimate of drug-likeness (QED) is 0.871. The lowest BCUT2D eigenvalue weighted by Crippen LogP contribution is -2.38. The van der Waals surface area contributed by atoms with Crippen molar-refractivity contribution in [2.24, 2.45) is 13.0 Å². The van der Waals surface area contributed by atoms with Gasteiger partial charge < -0.3 is 10.0 Å². The minimum atomic E-state index is -0.891. The molecule has 0 bridgehead atoms. The Kier molecular flexibility index (Phi) is 4.16. The lowest BCUT2D eigenvalue weighted by atomic mass is 10.1. The van der Waals surface area contributed by atoms with Gasteiger partial charge in [0.1, 0.15) is 10.7 Å². The molecule has 1 N–H and O–H groups in total. The zero-order chi connectivity index (χ0) is 16.6. The van der Waals surface area contributed by atoms with Gasteiger partial charge >= 0.3 is 5.97 Å². The highest BCUT2D eigenvalue weighted by Gasteiger charge is 2.35. The summed E-state index contributed by atoms with van der Waals surface area (Å²) in [4.78, 5) is 29.8. The van der Waals surface area contributed by atoms with Crippen LogP contribution < -0.4 is 0 Å². The van der Waals surface area contributed by atoms with Gasteiger partial charge in [-0.1, -0.05) is 6.92 Å². The molecule has 122 valence electrons. The van der Waals surface area contributed by atoms with Crippen molar-refractivity contribution < 1.29 is 14.7 Å². The molecule has 1 unspecified atom stereocenters. The summed E-state index contributed by atoms with van der Waals surface area (Å²) in [6.07, 6.45) is 5.41. The molecular formula is C15H18N4O3S. The van der Waals surface area contributed by atoms with Crippen LogP contribution in [0.3, 0.4) is 0 Å². The maximum Gasteiger partial charge on any atom is 0.308 e. The molecule has 23 heavy (non-hydrogen) atoms. The maximum atomic E-state index is 12.7. The summed E-state index contributed by atoms with van der Waals surface area (Å²) in [5.74, 6) is -1.67. The van der Waals surface area contributed by atoms with Crippen LogP contribution in [0.1, 0.15) is 30.3 Å². The molecule has 1 aliphatic carbocycles. The first-order valence-electron chi connectivity index (χ1n) is 7.44. The van der Waals surface area contributed by atoms with Crippen LogP contribution in [0.5, 0.6) is 0 Å². The largest absolute Gasteiger partial charge is 0.481 e. The van der Waals surface area contributed by atoms with Crippen LogP contribution in [0.4, 0.5) is 0 Å². The average Bonchev–Trinajstić information content (AvgIpc) is 3.06.